The van der Waals surface area contributed by atoms with E-state index in [0.717, 1.165) is 37.1 Å². The Morgan fingerprint density at radius 1 is 1.08 bits per heavy atom. The SMILES string of the molecule is O=C(CNc1ccccc1-c1nc2ccccc2[nH]c1=O)N1CCCC1. The van der Waals surface area contributed by atoms with Crippen LogP contribution in [0.2, 0.25) is 0 Å². The highest BCUT2D eigenvalue weighted by Crippen LogP contribution is 2.25. The van der Waals surface area contributed by atoms with Crippen LogP contribution in [0, 0.1) is 0 Å². The molecule has 6 heteroatoms. The van der Waals surface area contributed by atoms with Crippen LogP contribution >= 0.6 is 0 Å². The summed E-state index contributed by atoms with van der Waals surface area (Å²) < 4.78 is 0. The van der Waals surface area contributed by atoms with Crippen molar-refractivity contribution >= 4 is 22.6 Å². The Bertz CT molecular complexity index is 1010. The number of nitrogens with zero attached hydrogens (tertiary/aromatic N) is 2. The normalized spacial score (nSPS) is 13.9. The second-order valence-electron chi connectivity index (χ2n) is 6.42. The highest BCUT2D eigenvalue weighted by atomic mass is 16.2. The fraction of sp³-hybridized carbons (Fsp3) is 0.250. The van der Waals surface area contributed by atoms with Gasteiger partial charge in [0, 0.05) is 24.3 Å². The number of anilines is 1. The molecule has 3 aromatic rings. The van der Waals surface area contributed by atoms with Crippen molar-refractivity contribution in [2.24, 2.45) is 0 Å². The standard InChI is InChI=1S/C20H20N4O2/c25-18(24-11-5-6-12-24)13-21-15-8-2-1-7-14(15)19-20(26)23-17-10-4-3-9-16(17)22-19/h1-4,7-10,21H,5-6,11-13H2,(H,23,26). The van der Waals surface area contributed by atoms with Gasteiger partial charge in [-0.1, -0.05) is 30.3 Å². The largest absolute Gasteiger partial charge is 0.376 e. The van der Waals surface area contributed by atoms with Gasteiger partial charge in [-0.05, 0) is 31.0 Å². The smallest absolute Gasteiger partial charge is 0.275 e. The van der Waals surface area contributed by atoms with Crippen molar-refractivity contribution in [3.05, 3.63) is 58.9 Å². The Morgan fingerprint density at radius 2 is 1.81 bits per heavy atom. The van der Waals surface area contributed by atoms with Crippen LogP contribution in [0.5, 0.6) is 0 Å². The Hall–Kier alpha value is -3.15. The number of aromatic amines is 1. The molecule has 1 fully saturated rings. The van der Waals surface area contributed by atoms with E-state index in [4.69, 9.17) is 0 Å². The van der Waals surface area contributed by atoms with Crippen LogP contribution in [-0.4, -0.2) is 40.4 Å². The topological polar surface area (TPSA) is 78.1 Å². The molecule has 0 aliphatic carbocycles. The summed E-state index contributed by atoms with van der Waals surface area (Å²) in [5.74, 6) is 0.0812. The molecule has 2 N–H and O–H groups in total. The number of amides is 1. The number of nitrogens with one attached hydrogen (secondary N) is 2. The van der Waals surface area contributed by atoms with Gasteiger partial charge in [-0.25, -0.2) is 4.98 Å². The lowest BCUT2D eigenvalue weighted by atomic mass is 10.1. The number of carbonyl (C=O) groups is 1. The van der Waals surface area contributed by atoms with Gasteiger partial charge in [-0.15, -0.1) is 0 Å². The maximum Gasteiger partial charge on any atom is 0.275 e. The first kappa shape index (κ1) is 16.3. The van der Waals surface area contributed by atoms with Crippen molar-refractivity contribution in [3.8, 4) is 11.3 Å². The third-order valence-electron chi connectivity index (χ3n) is 4.67. The molecule has 1 aromatic heterocycles. The molecule has 0 bridgehead atoms. The Balaban J connectivity index is 1.64. The summed E-state index contributed by atoms with van der Waals surface area (Å²) in [4.78, 5) is 34.1. The molecule has 132 valence electrons. The van der Waals surface area contributed by atoms with Gasteiger partial charge < -0.3 is 15.2 Å². The van der Waals surface area contributed by atoms with E-state index in [-0.39, 0.29) is 18.0 Å². The van der Waals surface area contributed by atoms with Crippen LogP contribution in [0.15, 0.2) is 53.3 Å². The summed E-state index contributed by atoms with van der Waals surface area (Å²) in [6, 6.07) is 14.9. The van der Waals surface area contributed by atoms with Gasteiger partial charge in [0.1, 0.15) is 5.69 Å². The lowest BCUT2D eigenvalue weighted by molar-refractivity contribution is -0.128. The van der Waals surface area contributed by atoms with Gasteiger partial charge >= 0.3 is 0 Å². The second-order valence-corrected chi connectivity index (χ2v) is 6.42. The second kappa shape index (κ2) is 7.00. The first-order chi connectivity index (χ1) is 12.7. The van der Waals surface area contributed by atoms with Crippen molar-refractivity contribution in [2.45, 2.75) is 12.8 Å². The molecule has 0 radical (unpaired) electrons. The minimum Gasteiger partial charge on any atom is -0.376 e. The molecule has 1 saturated heterocycles. The lowest BCUT2D eigenvalue weighted by Gasteiger charge is -2.17. The maximum atomic E-state index is 12.5. The molecule has 6 nitrogen and oxygen atoms in total. The fourth-order valence-corrected chi connectivity index (χ4v) is 3.31. The van der Waals surface area contributed by atoms with Gasteiger partial charge in [0.05, 0.1) is 17.6 Å². The van der Waals surface area contributed by atoms with Crippen LogP contribution < -0.4 is 10.9 Å². The lowest BCUT2D eigenvalue weighted by Crippen LogP contribution is -2.33. The highest BCUT2D eigenvalue weighted by Gasteiger charge is 2.18. The number of H-pyrrole nitrogens is 1. The zero-order valence-corrected chi connectivity index (χ0v) is 14.4. The van der Waals surface area contributed by atoms with E-state index in [0.29, 0.717) is 16.8 Å². The van der Waals surface area contributed by atoms with Crippen LogP contribution in [0.1, 0.15) is 12.8 Å². The number of carbonyl (C=O) groups excluding carboxylic acids is 1. The number of hydrogen-bond donors (Lipinski definition) is 2. The molecule has 0 atom stereocenters. The van der Waals surface area contributed by atoms with Gasteiger partial charge in [-0.2, -0.15) is 0 Å². The molecular weight excluding hydrogens is 328 g/mol. The number of aromatic nitrogens is 2. The molecular formula is C20H20N4O2. The fourth-order valence-electron chi connectivity index (χ4n) is 3.31. The summed E-state index contributed by atoms with van der Waals surface area (Å²) in [6.45, 7) is 1.87. The van der Waals surface area contributed by atoms with E-state index in [1.54, 1.807) is 0 Å². The molecule has 26 heavy (non-hydrogen) atoms. The molecule has 1 aliphatic rings. The first-order valence-electron chi connectivity index (χ1n) is 8.82. The molecule has 0 saturated carbocycles. The van der Waals surface area contributed by atoms with Crippen molar-refractivity contribution in [1.82, 2.24) is 14.9 Å². The van der Waals surface area contributed by atoms with Gasteiger partial charge in [0.25, 0.3) is 5.56 Å². The summed E-state index contributed by atoms with van der Waals surface area (Å²) in [7, 11) is 0. The van der Waals surface area contributed by atoms with E-state index < -0.39 is 0 Å². The monoisotopic (exact) mass is 348 g/mol. The van der Waals surface area contributed by atoms with Gasteiger partial charge in [0.15, 0.2) is 0 Å². The molecule has 2 heterocycles. The van der Waals surface area contributed by atoms with Gasteiger partial charge in [0.2, 0.25) is 5.91 Å². The van der Waals surface area contributed by atoms with Crippen LogP contribution in [-0.2, 0) is 4.79 Å². The van der Waals surface area contributed by atoms with E-state index >= 15 is 0 Å². The predicted molar refractivity (Wildman–Crippen MR) is 102 cm³/mol. The molecule has 2 aromatic carbocycles. The average Bonchev–Trinajstić information content (AvgIpc) is 3.21. The number of fused-ring (bicyclic) bond motifs is 1. The summed E-state index contributed by atoms with van der Waals surface area (Å²) in [5.41, 5.74) is 2.95. The number of likely N-dealkylation sites (tertiary alicyclic amines) is 1. The maximum absolute atomic E-state index is 12.5. The number of rotatable bonds is 4. The molecule has 0 unspecified atom stereocenters. The molecule has 0 spiro atoms. The van der Waals surface area contributed by atoms with Crippen molar-refractivity contribution in [2.75, 3.05) is 25.0 Å². The molecule has 1 amide bonds. The van der Waals surface area contributed by atoms with Crippen LogP contribution in [0.4, 0.5) is 5.69 Å². The third kappa shape index (κ3) is 3.18. The molecule has 1 aliphatic heterocycles. The summed E-state index contributed by atoms with van der Waals surface area (Å²) in [6.07, 6.45) is 2.14. The number of benzene rings is 2. The quantitative estimate of drug-likeness (QED) is 0.760. The van der Waals surface area contributed by atoms with E-state index in [1.807, 2.05) is 53.4 Å². The number of para-hydroxylation sites is 3. The third-order valence-corrected chi connectivity index (χ3v) is 4.67. The summed E-state index contributed by atoms with van der Waals surface area (Å²) in [5, 5.41) is 3.18. The first-order valence-corrected chi connectivity index (χ1v) is 8.82. The van der Waals surface area contributed by atoms with Crippen LogP contribution in [0.25, 0.3) is 22.3 Å². The van der Waals surface area contributed by atoms with Crippen molar-refractivity contribution in [3.63, 3.8) is 0 Å². The van der Waals surface area contributed by atoms with Gasteiger partial charge in [-0.3, -0.25) is 9.59 Å². The highest BCUT2D eigenvalue weighted by molar-refractivity contribution is 5.85. The Kier molecular flexibility index (Phi) is 4.39. The Labute approximate surface area is 150 Å². The number of hydrogen-bond acceptors (Lipinski definition) is 4. The Morgan fingerprint density at radius 3 is 2.65 bits per heavy atom. The predicted octanol–water partition coefficient (Wildman–Crippen LogP) is 2.62. The van der Waals surface area contributed by atoms with Crippen molar-refractivity contribution in [1.29, 1.82) is 0 Å². The summed E-state index contributed by atoms with van der Waals surface area (Å²) >= 11 is 0. The minimum absolute atomic E-state index is 0.0812. The van der Waals surface area contributed by atoms with E-state index in [9.17, 15) is 9.59 Å². The van der Waals surface area contributed by atoms with Crippen LogP contribution in [0.3, 0.4) is 0 Å². The van der Waals surface area contributed by atoms with E-state index in [1.165, 1.54) is 0 Å². The van der Waals surface area contributed by atoms with Crippen molar-refractivity contribution < 1.29 is 4.79 Å². The molecule has 4 rings (SSSR count). The average molecular weight is 348 g/mol. The zero-order chi connectivity index (χ0) is 17.9. The zero-order valence-electron chi connectivity index (χ0n) is 14.4. The van der Waals surface area contributed by atoms with E-state index in [2.05, 4.69) is 15.3 Å². The minimum atomic E-state index is -0.246.